The van der Waals surface area contributed by atoms with Gasteiger partial charge in [-0.15, -0.1) is 0 Å². The van der Waals surface area contributed by atoms with Gasteiger partial charge in [0.25, 0.3) is 0 Å². The Hall–Kier alpha value is -2.86. The number of nitrogens with one attached hydrogen (secondary N) is 3. The first-order valence-electron chi connectivity index (χ1n) is 9.29. The summed E-state index contributed by atoms with van der Waals surface area (Å²) in [4.78, 5) is 24.1. The van der Waals surface area contributed by atoms with E-state index in [1.807, 2.05) is 36.4 Å². The van der Waals surface area contributed by atoms with E-state index in [4.69, 9.17) is 4.74 Å². The third-order valence-corrected chi connectivity index (χ3v) is 4.39. The van der Waals surface area contributed by atoms with Crippen LogP contribution in [0.15, 0.2) is 54.6 Å². The van der Waals surface area contributed by atoms with Gasteiger partial charge in [-0.2, -0.15) is 0 Å². The molecule has 2 amide bonds. The normalized spacial score (nSPS) is 16.4. The van der Waals surface area contributed by atoms with Crippen molar-refractivity contribution in [3.63, 3.8) is 0 Å². The molecule has 142 valence electrons. The van der Waals surface area contributed by atoms with Gasteiger partial charge < -0.3 is 20.7 Å². The molecule has 1 heterocycles. The summed E-state index contributed by atoms with van der Waals surface area (Å²) in [5, 5.41) is 8.66. The SMILES string of the molecule is O=C(CC1NCCNC1=O)Nc1ccccc1OCCCc1ccccc1. The highest BCUT2D eigenvalue weighted by Gasteiger charge is 2.24. The number of aryl methyl sites for hydroxylation is 1. The molecule has 0 saturated carbocycles. The molecule has 1 saturated heterocycles. The van der Waals surface area contributed by atoms with E-state index >= 15 is 0 Å². The van der Waals surface area contributed by atoms with Crippen LogP contribution in [-0.2, 0) is 16.0 Å². The van der Waals surface area contributed by atoms with Crippen LogP contribution >= 0.6 is 0 Å². The van der Waals surface area contributed by atoms with Crippen molar-refractivity contribution in [2.75, 3.05) is 25.0 Å². The van der Waals surface area contributed by atoms with Crippen molar-refractivity contribution >= 4 is 17.5 Å². The van der Waals surface area contributed by atoms with Crippen LogP contribution in [0, 0.1) is 0 Å². The Morgan fingerprint density at radius 1 is 1.07 bits per heavy atom. The van der Waals surface area contributed by atoms with Gasteiger partial charge in [0.2, 0.25) is 11.8 Å². The number of piperazine rings is 1. The van der Waals surface area contributed by atoms with Crippen LogP contribution in [0.5, 0.6) is 5.75 Å². The molecule has 6 heteroatoms. The first-order valence-corrected chi connectivity index (χ1v) is 9.29. The fourth-order valence-electron chi connectivity index (χ4n) is 3.00. The molecule has 3 N–H and O–H groups in total. The maximum Gasteiger partial charge on any atom is 0.237 e. The van der Waals surface area contributed by atoms with Crippen LogP contribution in [-0.4, -0.2) is 37.6 Å². The summed E-state index contributed by atoms with van der Waals surface area (Å²) in [6.45, 7) is 1.83. The zero-order chi connectivity index (χ0) is 18.9. The van der Waals surface area contributed by atoms with Gasteiger partial charge in [0.15, 0.2) is 0 Å². The first-order chi connectivity index (χ1) is 13.2. The van der Waals surface area contributed by atoms with E-state index in [1.54, 1.807) is 6.07 Å². The van der Waals surface area contributed by atoms with Gasteiger partial charge in [0, 0.05) is 13.1 Å². The molecule has 1 unspecified atom stereocenters. The smallest absolute Gasteiger partial charge is 0.237 e. The quantitative estimate of drug-likeness (QED) is 0.625. The van der Waals surface area contributed by atoms with Crippen LogP contribution < -0.4 is 20.7 Å². The Morgan fingerprint density at radius 3 is 2.67 bits per heavy atom. The number of benzene rings is 2. The molecular formula is C21H25N3O3. The van der Waals surface area contributed by atoms with E-state index in [1.165, 1.54) is 5.56 Å². The van der Waals surface area contributed by atoms with E-state index in [-0.39, 0.29) is 18.2 Å². The minimum atomic E-state index is -0.488. The summed E-state index contributed by atoms with van der Waals surface area (Å²) in [6.07, 6.45) is 1.92. The van der Waals surface area contributed by atoms with Gasteiger partial charge in [0.05, 0.1) is 24.8 Å². The Kier molecular flexibility index (Phi) is 6.82. The first kappa shape index (κ1) is 18.9. The monoisotopic (exact) mass is 367 g/mol. The van der Waals surface area contributed by atoms with E-state index in [9.17, 15) is 9.59 Å². The van der Waals surface area contributed by atoms with Crippen molar-refractivity contribution in [3.8, 4) is 5.75 Å². The average molecular weight is 367 g/mol. The van der Waals surface area contributed by atoms with Crippen LogP contribution in [0.1, 0.15) is 18.4 Å². The molecule has 3 rings (SSSR count). The van der Waals surface area contributed by atoms with Gasteiger partial charge in [-0.05, 0) is 30.5 Å². The number of ether oxygens (including phenoxy) is 1. The van der Waals surface area contributed by atoms with Crippen molar-refractivity contribution < 1.29 is 14.3 Å². The summed E-state index contributed by atoms with van der Waals surface area (Å²) in [7, 11) is 0. The maximum atomic E-state index is 12.3. The number of hydrogen-bond donors (Lipinski definition) is 3. The molecule has 1 atom stereocenters. The largest absolute Gasteiger partial charge is 0.491 e. The Bertz CT molecular complexity index is 764. The molecule has 2 aromatic rings. The van der Waals surface area contributed by atoms with Crippen molar-refractivity contribution in [2.45, 2.75) is 25.3 Å². The number of carbonyl (C=O) groups excluding carboxylic acids is 2. The molecule has 0 bridgehead atoms. The molecule has 0 aromatic heterocycles. The topological polar surface area (TPSA) is 79.5 Å². The zero-order valence-corrected chi connectivity index (χ0v) is 15.2. The van der Waals surface area contributed by atoms with E-state index in [2.05, 4.69) is 28.1 Å². The number of anilines is 1. The lowest BCUT2D eigenvalue weighted by Crippen LogP contribution is -2.53. The van der Waals surface area contributed by atoms with Crippen LogP contribution in [0.3, 0.4) is 0 Å². The highest BCUT2D eigenvalue weighted by atomic mass is 16.5. The van der Waals surface area contributed by atoms with E-state index in [0.717, 1.165) is 12.8 Å². The minimum absolute atomic E-state index is 0.0914. The molecule has 27 heavy (non-hydrogen) atoms. The second kappa shape index (κ2) is 9.73. The maximum absolute atomic E-state index is 12.3. The molecule has 1 aliphatic heterocycles. The third kappa shape index (κ3) is 5.82. The van der Waals surface area contributed by atoms with Crippen LogP contribution in [0.2, 0.25) is 0 Å². The Balaban J connectivity index is 1.49. The molecule has 0 aliphatic carbocycles. The molecule has 0 spiro atoms. The molecule has 0 radical (unpaired) electrons. The lowest BCUT2D eigenvalue weighted by atomic mass is 10.1. The van der Waals surface area contributed by atoms with Gasteiger partial charge in [0.1, 0.15) is 5.75 Å². The van der Waals surface area contributed by atoms with Crippen LogP contribution in [0.4, 0.5) is 5.69 Å². The van der Waals surface area contributed by atoms with Gasteiger partial charge in [-0.1, -0.05) is 42.5 Å². The number of carbonyl (C=O) groups is 2. The van der Waals surface area contributed by atoms with E-state index < -0.39 is 6.04 Å². The lowest BCUT2D eigenvalue weighted by Gasteiger charge is -2.23. The molecule has 2 aromatic carbocycles. The predicted molar refractivity (Wildman–Crippen MR) is 105 cm³/mol. The average Bonchev–Trinajstić information content (AvgIpc) is 2.69. The second-order valence-corrected chi connectivity index (χ2v) is 6.48. The van der Waals surface area contributed by atoms with Crippen LogP contribution in [0.25, 0.3) is 0 Å². The highest BCUT2D eigenvalue weighted by Crippen LogP contribution is 2.24. The molecule has 1 aliphatic rings. The zero-order valence-electron chi connectivity index (χ0n) is 15.2. The van der Waals surface area contributed by atoms with Crippen molar-refractivity contribution in [3.05, 3.63) is 60.2 Å². The van der Waals surface area contributed by atoms with E-state index in [0.29, 0.717) is 31.1 Å². The minimum Gasteiger partial charge on any atom is -0.491 e. The van der Waals surface area contributed by atoms with Crippen molar-refractivity contribution in [1.82, 2.24) is 10.6 Å². The fraction of sp³-hybridized carbons (Fsp3) is 0.333. The molecular weight excluding hydrogens is 342 g/mol. The standard InChI is InChI=1S/C21H25N3O3/c25-20(15-18-21(26)23-13-12-22-18)24-17-10-4-5-11-19(17)27-14-6-9-16-7-2-1-3-8-16/h1-5,7-8,10-11,18,22H,6,9,12-15H2,(H,23,26)(H,24,25). The summed E-state index contributed by atoms with van der Waals surface area (Å²) < 4.78 is 5.86. The predicted octanol–water partition coefficient (Wildman–Crippen LogP) is 2.11. The summed E-state index contributed by atoms with van der Waals surface area (Å²) in [5.74, 6) is 0.284. The third-order valence-electron chi connectivity index (χ3n) is 4.39. The number of para-hydroxylation sites is 2. The van der Waals surface area contributed by atoms with Gasteiger partial charge in [-0.3, -0.25) is 9.59 Å². The van der Waals surface area contributed by atoms with Crippen molar-refractivity contribution in [2.24, 2.45) is 0 Å². The molecule has 6 nitrogen and oxygen atoms in total. The fourth-order valence-corrected chi connectivity index (χ4v) is 3.00. The number of rotatable bonds is 8. The van der Waals surface area contributed by atoms with Gasteiger partial charge in [-0.25, -0.2) is 0 Å². The lowest BCUT2D eigenvalue weighted by molar-refractivity contribution is -0.127. The second-order valence-electron chi connectivity index (χ2n) is 6.48. The number of hydrogen-bond acceptors (Lipinski definition) is 4. The summed E-state index contributed by atoms with van der Waals surface area (Å²) in [5.41, 5.74) is 1.90. The number of amides is 2. The highest BCUT2D eigenvalue weighted by molar-refractivity contribution is 5.96. The van der Waals surface area contributed by atoms with Crippen molar-refractivity contribution in [1.29, 1.82) is 0 Å². The summed E-state index contributed by atoms with van der Waals surface area (Å²) in [6, 6.07) is 17.1. The molecule has 1 fully saturated rings. The Morgan fingerprint density at radius 2 is 1.85 bits per heavy atom. The van der Waals surface area contributed by atoms with Gasteiger partial charge >= 0.3 is 0 Å². The Labute approximate surface area is 159 Å². The summed E-state index contributed by atoms with van der Waals surface area (Å²) >= 11 is 0.